The largest absolute Gasteiger partial charge is 0.365 e. The molecule has 6 aromatic rings. The number of sulfonamides is 1. The van der Waals surface area contributed by atoms with E-state index in [1.165, 1.54) is 12.1 Å². The lowest BCUT2D eigenvalue weighted by Crippen LogP contribution is -2.34. The van der Waals surface area contributed by atoms with Crippen LogP contribution in [0.15, 0.2) is 119 Å². The predicted molar refractivity (Wildman–Crippen MR) is 221 cm³/mol. The summed E-state index contributed by atoms with van der Waals surface area (Å²) in [4.78, 5) is 45.0. The van der Waals surface area contributed by atoms with E-state index in [-0.39, 0.29) is 34.0 Å². The minimum absolute atomic E-state index is 0.0294. The molecule has 0 saturated carbocycles. The van der Waals surface area contributed by atoms with E-state index in [0.29, 0.717) is 48.1 Å². The van der Waals surface area contributed by atoms with E-state index in [1.54, 1.807) is 36.2 Å². The van der Waals surface area contributed by atoms with Gasteiger partial charge in [0.25, 0.3) is 21.8 Å². The van der Waals surface area contributed by atoms with Crippen LogP contribution in [0.3, 0.4) is 0 Å². The van der Waals surface area contributed by atoms with Crippen LogP contribution in [-0.4, -0.2) is 88.7 Å². The number of pyridine rings is 3. The first-order valence-electron chi connectivity index (χ1n) is 18.2. The van der Waals surface area contributed by atoms with Gasteiger partial charge in [0.05, 0.1) is 6.20 Å². The van der Waals surface area contributed by atoms with Gasteiger partial charge in [0.15, 0.2) is 11.6 Å². The predicted octanol–water partition coefficient (Wildman–Crippen LogP) is 5.38. The van der Waals surface area contributed by atoms with E-state index in [1.807, 2.05) is 95.7 Å². The van der Waals surface area contributed by atoms with Crippen molar-refractivity contribution >= 4 is 62.4 Å². The van der Waals surface area contributed by atoms with Crippen molar-refractivity contribution in [2.75, 3.05) is 54.0 Å². The Bertz CT molecular complexity index is 2460. The summed E-state index contributed by atoms with van der Waals surface area (Å²) in [7, 11) is -0.472. The summed E-state index contributed by atoms with van der Waals surface area (Å²) in [6, 6.07) is 27.1. The van der Waals surface area contributed by atoms with Crippen LogP contribution in [0.4, 0.5) is 23.1 Å². The second-order valence-corrected chi connectivity index (χ2v) is 16.5. The van der Waals surface area contributed by atoms with Crippen molar-refractivity contribution in [1.29, 1.82) is 0 Å². The van der Waals surface area contributed by atoms with Crippen LogP contribution in [0.1, 0.15) is 38.4 Å². The zero-order valence-electron chi connectivity index (χ0n) is 31.3. The molecule has 0 bridgehead atoms. The summed E-state index contributed by atoms with van der Waals surface area (Å²) < 4.78 is 30.8. The zero-order chi connectivity index (χ0) is 39.9. The highest BCUT2D eigenvalue weighted by molar-refractivity contribution is 7.99. The van der Waals surface area contributed by atoms with Gasteiger partial charge in [0, 0.05) is 47.7 Å². The Morgan fingerprint density at radius 2 is 1.77 bits per heavy atom. The number of hydrogen-bond donors (Lipinski definition) is 5. The molecule has 5 N–H and O–H groups in total. The number of carbonyl (C=O) groups excluding carboxylic acids is 2. The molecule has 15 nitrogen and oxygen atoms in total. The maximum atomic E-state index is 13.5. The quantitative estimate of drug-likeness (QED) is 0.0659. The van der Waals surface area contributed by atoms with Crippen LogP contribution < -0.4 is 25.7 Å². The summed E-state index contributed by atoms with van der Waals surface area (Å²) in [5, 5.41) is 16.2. The third kappa shape index (κ3) is 9.52. The number of thioether (sulfide) groups is 1. The van der Waals surface area contributed by atoms with E-state index in [0.717, 1.165) is 35.2 Å². The summed E-state index contributed by atoms with van der Waals surface area (Å²) >= 11 is 1.67. The van der Waals surface area contributed by atoms with Crippen molar-refractivity contribution < 1.29 is 23.2 Å². The molecule has 17 heteroatoms. The highest BCUT2D eigenvalue weighted by Crippen LogP contribution is 2.28. The fourth-order valence-electron chi connectivity index (χ4n) is 6.44. The molecular weight excluding hydrogens is 765 g/mol. The van der Waals surface area contributed by atoms with Gasteiger partial charge in [0.1, 0.15) is 27.7 Å². The van der Waals surface area contributed by atoms with Crippen LogP contribution in [0.25, 0.3) is 5.65 Å². The third-order valence-corrected chi connectivity index (χ3v) is 11.9. The summed E-state index contributed by atoms with van der Waals surface area (Å²) in [5.74, 6) is 0.582. The normalized spacial score (nSPS) is 13.2. The average molecular weight is 807 g/mol. The lowest BCUT2D eigenvalue weighted by atomic mass is 9.94. The van der Waals surface area contributed by atoms with Gasteiger partial charge in [-0.3, -0.25) is 20.3 Å². The molecule has 2 aromatic carbocycles. The number of nitrogens with zero attached hydrogens (tertiary/aromatic N) is 6. The first-order chi connectivity index (χ1) is 27.6. The standard InChI is InChI=1S/C40H42N10O5S2/c1-48(2)20-18-28(26-56-29-11-4-3-5-12-29)42-38-34(46-53)22-30(23-41-38)57(54,55)47-40(52)33-14-9-16-36(43-33)50-21-17-27-10-8-13-31(32(27)24-50)39(51)45-35-25-49-19-7-6-15-37(49)44-35/h3-16,19,22-23,25,28,46,53H,17-18,20-21,24,26H2,1-2H3,(H,41,42)(H,45,51)(H,47,52)/t28-/m1/s1. The number of rotatable bonds is 15. The van der Waals surface area contributed by atoms with Crippen molar-refractivity contribution in [3.8, 4) is 0 Å². The first-order valence-corrected chi connectivity index (χ1v) is 20.7. The van der Waals surface area contributed by atoms with Crippen LogP contribution in [0.2, 0.25) is 0 Å². The molecule has 0 fully saturated rings. The molecule has 7 rings (SSSR count). The Morgan fingerprint density at radius 1 is 0.965 bits per heavy atom. The van der Waals surface area contributed by atoms with Gasteiger partial charge in [-0.1, -0.05) is 42.5 Å². The van der Waals surface area contributed by atoms with Crippen LogP contribution >= 0.6 is 11.8 Å². The monoisotopic (exact) mass is 806 g/mol. The molecular formula is C40H42N10O5S2. The van der Waals surface area contributed by atoms with Gasteiger partial charge >= 0.3 is 0 Å². The molecule has 5 heterocycles. The van der Waals surface area contributed by atoms with E-state index in [2.05, 4.69) is 35.2 Å². The molecule has 57 heavy (non-hydrogen) atoms. The van der Waals surface area contributed by atoms with Crippen LogP contribution in [0.5, 0.6) is 0 Å². The molecule has 1 aliphatic heterocycles. The third-order valence-electron chi connectivity index (χ3n) is 9.39. The molecule has 0 spiro atoms. The number of benzene rings is 2. The number of carbonyl (C=O) groups is 2. The maximum Gasteiger partial charge on any atom is 0.283 e. The van der Waals surface area contributed by atoms with Gasteiger partial charge in [-0.15, -0.1) is 11.8 Å². The summed E-state index contributed by atoms with van der Waals surface area (Å²) in [5.41, 5.74) is 5.01. The highest BCUT2D eigenvalue weighted by Gasteiger charge is 2.26. The van der Waals surface area contributed by atoms with Crippen LogP contribution in [-0.2, 0) is 23.0 Å². The fourth-order valence-corrected chi connectivity index (χ4v) is 8.36. The van der Waals surface area contributed by atoms with Crippen molar-refractivity contribution in [3.05, 3.63) is 132 Å². The number of hydrogen-bond acceptors (Lipinski definition) is 13. The maximum absolute atomic E-state index is 13.5. The molecule has 1 atom stereocenters. The Hall–Kier alpha value is -6.01. The van der Waals surface area contributed by atoms with Gasteiger partial charge in [-0.25, -0.2) is 28.1 Å². The van der Waals surface area contributed by atoms with Gasteiger partial charge in [-0.05, 0) is 93.1 Å². The molecule has 2 amide bonds. The van der Waals surface area contributed by atoms with E-state index < -0.39 is 15.9 Å². The van der Waals surface area contributed by atoms with Gasteiger partial charge in [-0.2, -0.15) is 0 Å². The Kier molecular flexibility index (Phi) is 12.0. The second kappa shape index (κ2) is 17.4. The lowest BCUT2D eigenvalue weighted by molar-refractivity contribution is 0.0975. The number of amides is 2. The molecule has 0 saturated heterocycles. The zero-order valence-corrected chi connectivity index (χ0v) is 32.9. The van der Waals surface area contributed by atoms with Crippen molar-refractivity contribution in [2.24, 2.45) is 0 Å². The number of anilines is 4. The summed E-state index contributed by atoms with van der Waals surface area (Å²) in [6.07, 6.45) is 6.11. The SMILES string of the molecule is CN(C)CC[C@H](CSc1ccccc1)Nc1ncc(S(=O)(=O)NC(=O)c2cccc(N3CCc4cccc(C(=O)Nc5cn6ccccc6n5)c4C3)n2)cc1NO. The van der Waals surface area contributed by atoms with Crippen LogP contribution in [0, 0.1) is 0 Å². The molecule has 0 unspecified atom stereocenters. The summed E-state index contributed by atoms with van der Waals surface area (Å²) in [6.45, 7) is 1.69. The van der Waals surface area contributed by atoms with Crippen molar-refractivity contribution in [1.82, 2.24) is 29.0 Å². The minimum Gasteiger partial charge on any atom is -0.365 e. The first kappa shape index (κ1) is 39.2. The van der Waals surface area contributed by atoms with E-state index in [4.69, 9.17) is 0 Å². The van der Waals surface area contributed by atoms with E-state index >= 15 is 0 Å². The number of nitrogens with one attached hydrogen (secondary N) is 4. The number of imidazole rings is 1. The lowest BCUT2D eigenvalue weighted by Gasteiger charge is -2.31. The Labute approximate surface area is 334 Å². The molecule has 4 aromatic heterocycles. The number of fused-ring (bicyclic) bond motifs is 2. The molecule has 1 aliphatic rings. The molecule has 0 radical (unpaired) electrons. The van der Waals surface area contributed by atoms with Crippen molar-refractivity contribution in [2.45, 2.75) is 35.2 Å². The molecule has 294 valence electrons. The van der Waals surface area contributed by atoms with Crippen molar-refractivity contribution in [3.63, 3.8) is 0 Å². The fraction of sp³-hybridized carbons (Fsp3) is 0.225. The van der Waals surface area contributed by atoms with Gasteiger partial charge in [0.2, 0.25) is 0 Å². The average Bonchev–Trinajstić information content (AvgIpc) is 3.64. The molecule has 0 aliphatic carbocycles. The Morgan fingerprint density at radius 3 is 2.56 bits per heavy atom. The minimum atomic E-state index is -4.44. The Balaban J connectivity index is 1.03. The second-order valence-electron chi connectivity index (χ2n) is 13.7. The van der Waals surface area contributed by atoms with Gasteiger partial charge < -0.3 is 24.8 Å². The highest BCUT2D eigenvalue weighted by atomic mass is 32.2. The topological polar surface area (TPSA) is 186 Å². The smallest absolute Gasteiger partial charge is 0.283 e. The van der Waals surface area contributed by atoms with E-state index in [9.17, 15) is 23.2 Å². The number of aromatic nitrogens is 4.